The molecule has 1 aliphatic heterocycles. The van der Waals surface area contributed by atoms with Crippen molar-refractivity contribution >= 4 is 11.6 Å². The lowest BCUT2D eigenvalue weighted by Gasteiger charge is -2.23. The fourth-order valence-electron chi connectivity index (χ4n) is 2.14. The minimum Gasteiger partial charge on any atom is -0.322 e. The predicted octanol–water partition coefficient (Wildman–Crippen LogP) is 1.44. The quantitative estimate of drug-likeness (QED) is 0.647. The first-order valence-electron chi connectivity index (χ1n) is 5.90. The van der Waals surface area contributed by atoms with E-state index < -0.39 is 4.92 Å². The number of benzene rings is 1. The molecule has 0 spiro atoms. The van der Waals surface area contributed by atoms with Crippen LogP contribution < -0.4 is 5.32 Å². The number of hydrogen-bond donors (Lipinski definition) is 1. The van der Waals surface area contributed by atoms with E-state index in [2.05, 4.69) is 5.32 Å². The van der Waals surface area contributed by atoms with Crippen molar-refractivity contribution in [2.75, 3.05) is 13.1 Å². The summed E-state index contributed by atoms with van der Waals surface area (Å²) < 4.78 is 0. The van der Waals surface area contributed by atoms with Crippen LogP contribution in [0.4, 0.5) is 5.69 Å². The van der Waals surface area contributed by atoms with Gasteiger partial charge in [0.2, 0.25) is 5.91 Å². The molecular weight excluding hydrogens is 234 g/mol. The van der Waals surface area contributed by atoms with Gasteiger partial charge in [-0.25, -0.2) is 0 Å². The summed E-state index contributed by atoms with van der Waals surface area (Å²) in [7, 11) is 0. The van der Waals surface area contributed by atoms with Crippen LogP contribution in [0.1, 0.15) is 25.1 Å². The third-order valence-electron chi connectivity index (χ3n) is 2.94. The van der Waals surface area contributed by atoms with Gasteiger partial charge in [-0.1, -0.05) is 19.1 Å². The molecule has 1 saturated heterocycles. The summed E-state index contributed by atoms with van der Waals surface area (Å²) in [5.74, 6) is 0.0355. The summed E-state index contributed by atoms with van der Waals surface area (Å²) in [4.78, 5) is 23.7. The van der Waals surface area contributed by atoms with E-state index in [0.29, 0.717) is 6.54 Å². The van der Waals surface area contributed by atoms with Crippen molar-refractivity contribution in [1.29, 1.82) is 0 Å². The highest BCUT2D eigenvalue weighted by Crippen LogP contribution is 2.25. The van der Waals surface area contributed by atoms with E-state index in [1.165, 1.54) is 12.1 Å². The Morgan fingerprint density at radius 3 is 3.00 bits per heavy atom. The summed E-state index contributed by atoms with van der Waals surface area (Å²) in [6.45, 7) is 2.93. The molecule has 1 aromatic rings. The molecule has 6 nitrogen and oxygen atoms in total. The van der Waals surface area contributed by atoms with E-state index in [4.69, 9.17) is 0 Å². The van der Waals surface area contributed by atoms with Crippen LogP contribution in [-0.4, -0.2) is 28.8 Å². The van der Waals surface area contributed by atoms with Crippen molar-refractivity contribution < 1.29 is 9.72 Å². The van der Waals surface area contributed by atoms with Crippen LogP contribution in [0.15, 0.2) is 24.3 Å². The van der Waals surface area contributed by atoms with Gasteiger partial charge in [0.25, 0.3) is 5.69 Å². The Labute approximate surface area is 105 Å². The number of non-ortho nitro benzene ring substituents is 1. The van der Waals surface area contributed by atoms with Gasteiger partial charge in [0.1, 0.15) is 6.17 Å². The molecule has 0 aromatic heterocycles. The minimum atomic E-state index is -0.426. The zero-order valence-corrected chi connectivity index (χ0v) is 10.1. The second-order valence-corrected chi connectivity index (χ2v) is 4.22. The normalized spacial score (nSPS) is 19.3. The summed E-state index contributed by atoms with van der Waals surface area (Å²) >= 11 is 0. The Kier molecular flexibility index (Phi) is 3.57. The lowest BCUT2D eigenvalue weighted by molar-refractivity contribution is -0.385. The van der Waals surface area contributed by atoms with Gasteiger partial charge < -0.3 is 4.90 Å². The van der Waals surface area contributed by atoms with Crippen molar-refractivity contribution in [3.63, 3.8) is 0 Å². The third kappa shape index (κ3) is 2.33. The Morgan fingerprint density at radius 2 is 2.33 bits per heavy atom. The molecule has 1 atom stereocenters. The van der Waals surface area contributed by atoms with E-state index in [-0.39, 0.29) is 24.3 Å². The van der Waals surface area contributed by atoms with Crippen molar-refractivity contribution in [2.24, 2.45) is 0 Å². The van der Waals surface area contributed by atoms with Gasteiger partial charge in [-0.2, -0.15) is 0 Å². The van der Waals surface area contributed by atoms with E-state index in [9.17, 15) is 14.9 Å². The van der Waals surface area contributed by atoms with Crippen molar-refractivity contribution in [3.05, 3.63) is 39.9 Å². The van der Waals surface area contributed by atoms with E-state index in [1.54, 1.807) is 17.0 Å². The Balaban J connectivity index is 2.27. The van der Waals surface area contributed by atoms with Crippen LogP contribution in [0.5, 0.6) is 0 Å². The molecule has 18 heavy (non-hydrogen) atoms. The highest BCUT2D eigenvalue weighted by atomic mass is 16.6. The second-order valence-electron chi connectivity index (χ2n) is 4.22. The molecule has 0 radical (unpaired) electrons. The van der Waals surface area contributed by atoms with Crippen molar-refractivity contribution in [1.82, 2.24) is 10.2 Å². The standard InChI is InChI=1S/C12H15N3O3/c1-2-6-14-11(16)8-13-12(14)9-4-3-5-10(7-9)15(17)18/h3-5,7,12-13H,2,6,8H2,1H3. The highest BCUT2D eigenvalue weighted by Gasteiger charge is 2.31. The summed E-state index contributed by atoms with van der Waals surface area (Å²) in [6.07, 6.45) is 0.608. The number of nitrogens with zero attached hydrogens (tertiary/aromatic N) is 2. The monoisotopic (exact) mass is 249 g/mol. The molecule has 6 heteroatoms. The van der Waals surface area contributed by atoms with Crippen LogP contribution >= 0.6 is 0 Å². The van der Waals surface area contributed by atoms with Gasteiger partial charge in [-0.15, -0.1) is 0 Å². The maximum Gasteiger partial charge on any atom is 0.269 e. The Hall–Kier alpha value is -1.95. The van der Waals surface area contributed by atoms with Gasteiger partial charge in [0.05, 0.1) is 11.5 Å². The van der Waals surface area contributed by atoms with Gasteiger partial charge in [-0.3, -0.25) is 20.2 Å². The molecule has 0 saturated carbocycles. The SMILES string of the molecule is CCCN1C(=O)CNC1c1cccc([N+](=O)[O-])c1. The maximum atomic E-state index is 11.7. The summed E-state index contributed by atoms with van der Waals surface area (Å²) in [5, 5.41) is 13.8. The van der Waals surface area contributed by atoms with Crippen LogP contribution in [-0.2, 0) is 4.79 Å². The maximum absolute atomic E-state index is 11.7. The van der Waals surface area contributed by atoms with Crippen LogP contribution in [0, 0.1) is 10.1 Å². The third-order valence-corrected chi connectivity index (χ3v) is 2.94. The minimum absolute atomic E-state index is 0.0355. The first kappa shape index (κ1) is 12.5. The molecular formula is C12H15N3O3. The van der Waals surface area contributed by atoms with Crippen LogP contribution in [0.25, 0.3) is 0 Å². The first-order chi connectivity index (χ1) is 8.63. The number of amides is 1. The topological polar surface area (TPSA) is 75.5 Å². The second kappa shape index (κ2) is 5.14. The number of rotatable bonds is 4. The number of carbonyl (C=O) groups is 1. The van der Waals surface area contributed by atoms with Crippen molar-refractivity contribution in [2.45, 2.75) is 19.5 Å². The van der Waals surface area contributed by atoms with E-state index >= 15 is 0 Å². The lowest BCUT2D eigenvalue weighted by Crippen LogP contribution is -2.30. The van der Waals surface area contributed by atoms with Gasteiger partial charge in [-0.05, 0) is 12.0 Å². The fourth-order valence-corrected chi connectivity index (χ4v) is 2.14. The smallest absolute Gasteiger partial charge is 0.269 e. The summed E-state index contributed by atoms with van der Waals surface area (Å²) in [6, 6.07) is 6.40. The number of nitro groups is 1. The lowest BCUT2D eigenvalue weighted by atomic mass is 10.1. The van der Waals surface area contributed by atoms with E-state index in [0.717, 1.165) is 12.0 Å². The largest absolute Gasteiger partial charge is 0.322 e. The average Bonchev–Trinajstić information content (AvgIpc) is 2.72. The number of hydrogen-bond acceptors (Lipinski definition) is 4. The van der Waals surface area contributed by atoms with Gasteiger partial charge >= 0.3 is 0 Å². The molecule has 1 heterocycles. The average molecular weight is 249 g/mol. The highest BCUT2D eigenvalue weighted by molar-refractivity contribution is 5.81. The molecule has 2 rings (SSSR count). The van der Waals surface area contributed by atoms with Gasteiger partial charge in [0, 0.05) is 18.7 Å². The molecule has 1 fully saturated rings. The molecule has 0 bridgehead atoms. The fraction of sp³-hybridized carbons (Fsp3) is 0.417. The van der Waals surface area contributed by atoms with Gasteiger partial charge in [0.15, 0.2) is 0 Å². The number of carbonyl (C=O) groups excluding carboxylic acids is 1. The molecule has 1 aromatic carbocycles. The Bertz CT molecular complexity index is 475. The van der Waals surface area contributed by atoms with E-state index in [1.807, 2.05) is 6.92 Å². The van der Waals surface area contributed by atoms with Crippen molar-refractivity contribution in [3.8, 4) is 0 Å². The van der Waals surface area contributed by atoms with Crippen LogP contribution in [0.3, 0.4) is 0 Å². The zero-order chi connectivity index (χ0) is 13.1. The van der Waals surface area contributed by atoms with Crippen LogP contribution in [0.2, 0.25) is 0 Å². The summed E-state index contributed by atoms with van der Waals surface area (Å²) in [5.41, 5.74) is 0.800. The molecule has 1 N–H and O–H groups in total. The molecule has 96 valence electrons. The Morgan fingerprint density at radius 1 is 1.56 bits per heavy atom. The zero-order valence-electron chi connectivity index (χ0n) is 10.1. The molecule has 1 aliphatic rings. The predicted molar refractivity (Wildman–Crippen MR) is 65.8 cm³/mol. The number of nitro benzene ring substituents is 1. The first-order valence-corrected chi connectivity index (χ1v) is 5.90. The molecule has 0 aliphatic carbocycles. The number of nitrogens with one attached hydrogen (secondary N) is 1. The molecule has 1 amide bonds. The molecule has 1 unspecified atom stereocenters.